The molecule has 0 bridgehead atoms. The Morgan fingerprint density at radius 1 is 1.03 bits per heavy atom. The summed E-state index contributed by atoms with van der Waals surface area (Å²) in [7, 11) is 1.56. The standard InChI is InChI=1S/C22H27N3O4/c1-15-12-25(13-16(2)29-15)14-21(26)23-18-10-8-17(9-11-18)22(27)24-19-6-4-5-7-20(19)28-3/h4-11,15-16H,12-14H2,1-3H3,(H,23,26)(H,24,27)/t15-,16-/m0/s1. The van der Waals surface area contributed by atoms with Gasteiger partial charge in [-0.1, -0.05) is 12.1 Å². The number of hydrogen-bond acceptors (Lipinski definition) is 5. The summed E-state index contributed by atoms with van der Waals surface area (Å²) in [4.78, 5) is 26.9. The zero-order chi connectivity index (χ0) is 20.8. The van der Waals surface area contributed by atoms with Gasteiger partial charge in [0.25, 0.3) is 5.91 Å². The van der Waals surface area contributed by atoms with Gasteiger partial charge in [0, 0.05) is 24.3 Å². The van der Waals surface area contributed by atoms with Crippen LogP contribution in [0.15, 0.2) is 48.5 Å². The molecule has 7 nitrogen and oxygen atoms in total. The molecule has 1 aliphatic rings. The van der Waals surface area contributed by atoms with Crippen molar-refractivity contribution in [3.63, 3.8) is 0 Å². The second-order valence-electron chi connectivity index (χ2n) is 7.23. The first-order valence-electron chi connectivity index (χ1n) is 9.66. The van der Waals surface area contributed by atoms with E-state index in [2.05, 4.69) is 15.5 Å². The largest absolute Gasteiger partial charge is 0.495 e. The van der Waals surface area contributed by atoms with E-state index in [9.17, 15) is 9.59 Å². The van der Waals surface area contributed by atoms with E-state index in [0.717, 1.165) is 13.1 Å². The molecule has 0 saturated carbocycles. The van der Waals surface area contributed by atoms with Crippen LogP contribution < -0.4 is 15.4 Å². The van der Waals surface area contributed by atoms with Gasteiger partial charge in [0.15, 0.2) is 0 Å². The van der Waals surface area contributed by atoms with E-state index < -0.39 is 0 Å². The molecule has 2 aromatic rings. The monoisotopic (exact) mass is 397 g/mol. The molecule has 0 aromatic heterocycles. The Morgan fingerprint density at radius 3 is 2.34 bits per heavy atom. The van der Waals surface area contributed by atoms with Crippen LogP contribution in [0.3, 0.4) is 0 Å². The smallest absolute Gasteiger partial charge is 0.255 e. The van der Waals surface area contributed by atoms with Crippen LogP contribution in [0.2, 0.25) is 0 Å². The molecule has 1 saturated heterocycles. The van der Waals surface area contributed by atoms with Crippen LogP contribution in [-0.2, 0) is 9.53 Å². The fraction of sp³-hybridized carbons (Fsp3) is 0.364. The van der Waals surface area contributed by atoms with Crippen molar-refractivity contribution in [1.29, 1.82) is 0 Å². The minimum atomic E-state index is -0.247. The fourth-order valence-electron chi connectivity index (χ4n) is 3.46. The van der Waals surface area contributed by atoms with Crippen LogP contribution in [0, 0.1) is 0 Å². The normalized spacial score (nSPS) is 19.4. The topological polar surface area (TPSA) is 79.9 Å². The molecule has 2 N–H and O–H groups in total. The summed E-state index contributed by atoms with van der Waals surface area (Å²) < 4.78 is 10.9. The second kappa shape index (κ2) is 9.54. The third-order valence-corrected chi connectivity index (χ3v) is 4.65. The van der Waals surface area contributed by atoms with E-state index in [-0.39, 0.29) is 24.0 Å². The maximum atomic E-state index is 12.5. The highest BCUT2D eigenvalue weighted by molar-refractivity contribution is 6.05. The van der Waals surface area contributed by atoms with E-state index >= 15 is 0 Å². The lowest BCUT2D eigenvalue weighted by Gasteiger charge is -2.34. The Hall–Kier alpha value is -2.90. The zero-order valence-corrected chi connectivity index (χ0v) is 17.0. The molecule has 7 heteroatoms. The molecule has 3 rings (SSSR count). The van der Waals surface area contributed by atoms with Crippen LogP contribution in [0.5, 0.6) is 5.75 Å². The SMILES string of the molecule is COc1ccccc1NC(=O)c1ccc(NC(=O)CN2C[C@H](C)O[C@@H](C)C2)cc1. The Morgan fingerprint density at radius 2 is 1.69 bits per heavy atom. The fourth-order valence-corrected chi connectivity index (χ4v) is 3.46. The lowest BCUT2D eigenvalue weighted by atomic mass is 10.2. The van der Waals surface area contributed by atoms with Crippen molar-refractivity contribution in [2.45, 2.75) is 26.1 Å². The second-order valence-corrected chi connectivity index (χ2v) is 7.23. The number of ether oxygens (including phenoxy) is 2. The van der Waals surface area contributed by atoms with Crippen molar-refractivity contribution in [1.82, 2.24) is 4.90 Å². The van der Waals surface area contributed by atoms with Gasteiger partial charge in [-0.15, -0.1) is 0 Å². The van der Waals surface area contributed by atoms with Crippen molar-refractivity contribution in [3.05, 3.63) is 54.1 Å². The van der Waals surface area contributed by atoms with E-state index in [1.165, 1.54) is 0 Å². The summed E-state index contributed by atoms with van der Waals surface area (Å²) in [5.41, 5.74) is 1.74. The molecular weight excluding hydrogens is 370 g/mol. The number of methoxy groups -OCH3 is 1. The summed E-state index contributed by atoms with van der Waals surface area (Å²) in [6.07, 6.45) is 0.236. The third kappa shape index (κ3) is 5.79. The van der Waals surface area contributed by atoms with Crippen molar-refractivity contribution in [2.24, 2.45) is 0 Å². The number of nitrogens with one attached hydrogen (secondary N) is 2. The van der Waals surface area contributed by atoms with Crippen molar-refractivity contribution >= 4 is 23.2 Å². The van der Waals surface area contributed by atoms with Gasteiger partial charge < -0.3 is 20.1 Å². The summed E-state index contributed by atoms with van der Waals surface area (Å²) in [5, 5.41) is 5.71. The van der Waals surface area contributed by atoms with Gasteiger partial charge in [-0.3, -0.25) is 14.5 Å². The van der Waals surface area contributed by atoms with Crippen LogP contribution in [0.1, 0.15) is 24.2 Å². The molecule has 2 aromatic carbocycles. The highest BCUT2D eigenvalue weighted by Gasteiger charge is 2.23. The summed E-state index contributed by atoms with van der Waals surface area (Å²) in [6.45, 7) is 5.80. The molecule has 0 unspecified atom stereocenters. The first kappa shape index (κ1) is 20.8. The molecule has 0 spiro atoms. The number of amides is 2. The minimum Gasteiger partial charge on any atom is -0.495 e. The van der Waals surface area contributed by atoms with E-state index in [1.807, 2.05) is 26.0 Å². The van der Waals surface area contributed by atoms with Gasteiger partial charge in [0.2, 0.25) is 5.91 Å². The molecule has 2 atom stereocenters. The minimum absolute atomic E-state index is 0.0856. The first-order valence-corrected chi connectivity index (χ1v) is 9.66. The molecule has 1 heterocycles. The molecular formula is C22H27N3O4. The molecule has 1 fully saturated rings. The number of morpholine rings is 1. The summed E-state index contributed by atoms with van der Waals surface area (Å²) in [6, 6.07) is 14.0. The van der Waals surface area contributed by atoms with E-state index in [0.29, 0.717) is 29.2 Å². The predicted molar refractivity (Wildman–Crippen MR) is 112 cm³/mol. The average molecular weight is 397 g/mol. The Bertz CT molecular complexity index is 843. The number of carbonyl (C=O) groups is 2. The molecule has 1 aliphatic heterocycles. The number of carbonyl (C=O) groups excluding carboxylic acids is 2. The predicted octanol–water partition coefficient (Wildman–Crippen LogP) is 3.00. The summed E-state index contributed by atoms with van der Waals surface area (Å²) in [5.74, 6) is 0.262. The van der Waals surface area contributed by atoms with Crippen LogP contribution >= 0.6 is 0 Å². The van der Waals surface area contributed by atoms with Crippen molar-refractivity contribution in [2.75, 3.05) is 37.4 Å². The molecule has 2 amide bonds. The zero-order valence-electron chi connectivity index (χ0n) is 17.0. The molecule has 29 heavy (non-hydrogen) atoms. The van der Waals surface area contributed by atoms with Gasteiger partial charge in [-0.2, -0.15) is 0 Å². The average Bonchev–Trinajstić information content (AvgIpc) is 2.68. The van der Waals surface area contributed by atoms with Gasteiger partial charge in [-0.25, -0.2) is 0 Å². The third-order valence-electron chi connectivity index (χ3n) is 4.65. The molecule has 0 aliphatic carbocycles. The molecule has 154 valence electrons. The Labute approximate surface area is 171 Å². The number of anilines is 2. The number of hydrogen-bond donors (Lipinski definition) is 2. The Kier molecular flexibility index (Phi) is 6.85. The first-order chi connectivity index (χ1) is 13.9. The lowest BCUT2D eigenvalue weighted by molar-refractivity contribution is -0.121. The van der Waals surface area contributed by atoms with Crippen molar-refractivity contribution < 1.29 is 19.1 Å². The van der Waals surface area contributed by atoms with Gasteiger partial charge in [0.05, 0.1) is 31.5 Å². The van der Waals surface area contributed by atoms with Crippen LogP contribution in [0.25, 0.3) is 0 Å². The van der Waals surface area contributed by atoms with Crippen LogP contribution in [0.4, 0.5) is 11.4 Å². The maximum Gasteiger partial charge on any atom is 0.255 e. The van der Waals surface area contributed by atoms with Gasteiger partial charge in [-0.05, 0) is 50.2 Å². The van der Waals surface area contributed by atoms with Gasteiger partial charge in [0.1, 0.15) is 5.75 Å². The highest BCUT2D eigenvalue weighted by Crippen LogP contribution is 2.24. The number of nitrogens with zero attached hydrogens (tertiary/aromatic N) is 1. The number of para-hydroxylation sites is 2. The number of rotatable bonds is 6. The Balaban J connectivity index is 1.55. The van der Waals surface area contributed by atoms with E-state index in [4.69, 9.17) is 9.47 Å². The van der Waals surface area contributed by atoms with E-state index in [1.54, 1.807) is 43.5 Å². The number of benzene rings is 2. The van der Waals surface area contributed by atoms with Crippen LogP contribution in [-0.4, -0.2) is 55.7 Å². The van der Waals surface area contributed by atoms with Crippen molar-refractivity contribution in [3.8, 4) is 5.75 Å². The lowest BCUT2D eigenvalue weighted by Crippen LogP contribution is -2.48. The summed E-state index contributed by atoms with van der Waals surface area (Å²) >= 11 is 0. The highest BCUT2D eigenvalue weighted by atomic mass is 16.5. The quantitative estimate of drug-likeness (QED) is 0.783. The van der Waals surface area contributed by atoms with Gasteiger partial charge >= 0.3 is 0 Å². The maximum absolute atomic E-state index is 12.5. The molecule has 0 radical (unpaired) electrons.